The van der Waals surface area contributed by atoms with E-state index in [2.05, 4.69) is 9.71 Å². The van der Waals surface area contributed by atoms with Gasteiger partial charge in [-0.15, -0.1) is 0 Å². The standard InChI is InChI=1S/C13H17N3O2S/c14-10-6-9(3-4-15-10)19(17,18)16-13-11-7-1-2-8(5-7)12(11)13/h3-4,6-8,11-13,16H,1-2,5H2,(H2,14,15). The van der Waals surface area contributed by atoms with Crippen molar-refractivity contribution in [3.05, 3.63) is 18.3 Å². The molecule has 1 heterocycles. The molecule has 102 valence electrons. The van der Waals surface area contributed by atoms with Crippen LogP contribution in [0, 0.1) is 23.7 Å². The molecule has 3 aliphatic carbocycles. The number of hydrogen-bond donors (Lipinski definition) is 2. The summed E-state index contributed by atoms with van der Waals surface area (Å²) in [6.07, 6.45) is 5.32. The van der Waals surface area contributed by atoms with E-state index in [9.17, 15) is 8.42 Å². The second-order valence-electron chi connectivity index (χ2n) is 6.05. The van der Waals surface area contributed by atoms with Gasteiger partial charge in [0.1, 0.15) is 5.82 Å². The zero-order chi connectivity index (χ0) is 13.2. The lowest BCUT2D eigenvalue weighted by Crippen LogP contribution is -2.30. The maximum Gasteiger partial charge on any atom is 0.241 e. The minimum absolute atomic E-state index is 0.158. The Labute approximate surface area is 112 Å². The third-order valence-electron chi connectivity index (χ3n) is 5.09. The van der Waals surface area contributed by atoms with E-state index in [-0.39, 0.29) is 16.8 Å². The molecular formula is C13H17N3O2S. The number of sulfonamides is 1. The van der Waals surface area contributed by atoms with Gasteiger partial charge < -0.3 is 5.73 Å². The zero-order valence-electron chi connectivity index (χ0n) is 10.5. The van der Waals surface area contributed by atoms with Crippen molar-refractivity contribution in [1.82, 2.24) is 9.71 Å². The Kier molecular flexibility index (Phi) is 2.27. The van der Waals surface area contributed by atoms with Gasteiger partial charge in [0.25, 0.3) is 0 Å². The van der Waals surface area contributed by atoms with Crippen molar-refractivity contribution in [2.45, 2.75) is 30.2 Å². The van der Waals surface area contributed by atoms with Crippen molar-refractivity contribution in [3.8, 4) is 0 Å². The molecule has 1 aromatic rings. The Morgan fingerprint density at radius 3 is 2.58 bits per heavy atom. The molecule has 0 aromatic carbocycles. The summed E-state index contributed by atoms with van der Waals surface area (Å²) in [6.45, 7) is 0. The number of nitrogen functional groups attached to an aromatic ring is 1. The lowest BCUT2D eigenvalue weighted by molar-refractivity contribution is 0.456. The Morgan fingerprint density at radius 1 is 1.26 bits per heavy atom. The van der Waals surface area contributed by atoms with Gasteiger partial charge in [-0.1, -0.05) is 0 Å². The first-order valence-electron chi connectivity index (χ1n) is 6.80. The molecule has 0 aliphatic heterocycles. The van der Waals surface area contributed by atoms with Crippen LogP contribution in [0.25, 0.3) is 0 Å². The number of rotatable bonds is 3. The van der Waals surface area contributed by atoms with Crippen LogP contribution in [0.4, 0.5) is 5.82 Å². The van der Waals surface area contributed by atoms with Crippen LogP contribution in [-0.4, -0.2) is 19.4 Å². The Balaban J connectivity index is 1.55. The fourth-order valence-corrected chi connectivity index (χ4v) is 5.65. The lowest BCUT2D eigenvalue weighted by atomic mass is 10.0. The van der Waals surface area contributed by atoms with Gasteiger partial charge in [-0.05, 0) is 49.0 Å². The third-order valence-corrected chi connectivity index (χ3v) is 6.55. The van der Waals surface area contributed by atoms with E-state index in [0.717, 1.165) is 11.8 Å². The van der Waals surface area contributed by atoms with Crippen molar-refractivity contribution in [2.75, 3.05) is 5.73 Å². The van der Waals surface area contributed by atoms with Crippen LogP contribution < -0.4 is 10.5 Å². The maximum absolute atomic E-state index is 12.3. The van der Waals surface area contributed by atoms with E-state index >= 15 is 0 Å². The molecule has 0 amide bonds. The number of nitrogens with one attached hydrogen (secondary N) is 1. The second-order valence-corrected chi connectivity index (χ2v) is 7.77. The van der Waals surface area contributed by atoms with Crippen molar-refractivity contribution in [1.29, 1.82) is 0 Å². The number of nitrogens with two attached hydrogens (primary N) is 1. The van der Waals surface area contributed by atoms with Crippen molar-refractivity contribution in [2.24, 2.45) is 23.7 Å². The van der Waals surface area contributed by atoms with Gasteiger partial charge in [0, 0.05) is 18.3 Å². The van der Waals surface area contributed by atoms with E-state index in [1.807, 2.05) is 0 Å². The third kappa shape index (κ3) is 1.70. The Hall–Kier alpha value is -1.14. The van der Waals surface area contributed by atoms with Crippen molar-refractivity contribution < 1.29 is 8.42 Å². The molecule has 3 N–H and O–H groups in total. The number of anilines is 1. The van der Waals surface area contributed by atoms with Crippen LogP contribution in [-0.2, 0) is 10.0 Å². The SMILES string of the molecule is Nc1cc(S(=O)(=O)NC2C3C4CCC(C4)C23)ccn1. The largest absolute Gasteiger partial charge is 0.384 e. The van der Waals surface area contributed by atoms with Crippen LogP contribution in [0.5, 0.6) is 0 Å². The van der Waals surface area contributed by atoms with Gasteiger partial charge in [0.05, 0.1) is 4.90 Å². The monoisotopic (exact) mass is 279 g/mol. The van der Waals surface area contributed by atoms with Gasteiger partial charge in [-0.25, -0.2) is 18.1 Å². The first-order chi connectivity index (χ1) is 9.06. The van der Waals surface area contributed by atoms with E-state index in [0.29, 0.717) is 11.8 Å². The summed E-state index contributed by atoms with van der Waals surface area (Å²) in [5, 5.41) is 0. The summed E-state index contributed by atoms with van der Waals surface area (Å²) in [5.41, 5.74) is 5.54. The summed E-state index contributed by atoms with van der Waals surface area (Å²) in [4.78, 5) is 4.04. The molecule has 4 rings (SSSR count). The van der Waals surface area contributed by atoms with Crippen molar-refractivity contribution in [3.63, 3.8) is 0 Å². The van der Waals surface area contributed by atoms with Gasteiger partial charge in [0.2, 0.25) is 10.0 Å². The molecule has 3 fully saturated rings. The molecule has 0 saturated heterocycles. The first-order valence-corrected chi connectivity index (χ1v) is 8.28. The topological polar surface area (TPSA) is 85.1 Å². The summed E-state index contributed by atoms with van der Waals surface area (Å²) in [7, 11) is -3.45. The highest BCUT2D eigenvalue weighted by Crippen LogP contribution is 2.65. The van der Waals surface area contributed by atoms with Gasteiger partial charge >= 0.3 is 0 Å². The quantitative estimate of drug-likeness (QED) is 0.864. The smallest absolute Gasteiger partial charge is 0.241 e. The molecule has 19 heavy (non-hydrogen) atoms. The van der Waals surface area contributed by atoms with E-state index < -0.39 is 10.0 Å². The van der Waals surface area contributed by atoms with Crippen LogP contribution in [0.15, 0.2) is 23.2 Å². The number of fused-ring (bicyclic) bond motifs is 5. The highest BCUT2D eigenvalue weighted by molar-refractivity contribution is 7.89. The molecule has 3 aliphatic rings. The number of hydrogen-bond acceptors (Lipinski definition) is 4. The zero-order valence-corrected chi connectivity index (χ0v) is 11.3. The minimum atomic E-state index is -3.45. The van der Waals surface area contributed by atoms with Gasteiger partial charge in [0.15, 0.2) is 0 Å². The molecule has 0 radical (unpaired) electrons. The van der Waals surface area contributed by atoms with Crippen molar-refractivity contribution >= 4 is 15.8 Å². The van der Waals surface area contributed by atoms with Crippen LogP contribution >= 0.6 is 0 Å². The first kappa shape index (κ1) is 11.7. The lowest BCUT2D eigenvalue weighted by Gasteiger charge is -2.11. The predicted molar refractivity (Wildman–Crippen MR) is 70.6 cm³/mol. The molecule has 1 aromatic heterocycles. The van der Waals surface area contributed by atoms with Gasteiger partial charge in [-0.3, -0.25) is 0 Å². The van der Waals surface area contributed by atoms with Crippen LogP contribution in [0.1, 0.15) is 19.3 Å². The number of pyridine rings is 1. The fourth-order valence-electron chi connectivity index (χ4n) is 4.33. The summed E-state index contributed by atoms with van der Waals surface area (Å²) in [6, 6.07) is 3.06. The molecule has 6 heteroatoms. The average molecular weight is 279 g/mol. The molecule has 2 bridgehead atoms. The van der Waals surface area contributed by atoms with E-state index in [1.165, 1.54) is 37.6 Å². The molecule has 4 unspecified atom stereocenters. The number of aromatic nitrogens is 1. The van der Waals surface area contributed by atoms with E-state index in [1.54, 1.807) is 0 Å². The Morgan fingerprint density at radius 2 is 1.95 bits per heavy atom. The maximum atomic E-state index is 12.3. The molecule has 3 saturated carbocycles. The average Bonchev–Trinajstić information content (AvgIpc) is 2.77. The molecular weight excluding hydrogens is 262 g/mol. The van der Waals surface area contributed by atoms with E-state index in [4.69, 9.17) is 5.73 Å². The minimum Gasteiger partial charge on any atom is -0.384 e. The van der Waals surface area contributed by atoms with Gasteiger partial charge in [-0.2, -0.15) is 0 Å². The van der Waals surface area contributed by atoms with Crippen LogP contribution in [0.3, 0.4) is 0 Å². The molecule has 5 nitrogen and oxygen atoms in total. The molecule has 4 atom stereocenters. The summed E-state index contributed by atoms with van der Waals surface area (Å²) >= 11 is 0. The fraction of sp³-hybridized carbons (Fsp3) is 0.615. The Bertz CT molecular complexity index is 615. The normalized spacial score (nSPS) is 39.3. The van der Waals surface area contributed by atoms with Crippen LogP contribution in [0.2, 0.25) is 0 Å². The highest BCUT2D eigenvalue weighted by atomic mass is 32.2. The summed E-state index contributed by atoms with van der Waals surface area (Å²) in [5.74, 6) is 2.93. The predicted octanol–water partition coefficient (Wildman–Crippen LogP) is 0.987. The highest BCUT2D eigenvalue weighted by Gasteiger charge is 2.65. The number of nitrogens with zero attached hydrogens (tertiary/aromatic N) is 1. The summed E-state index contributed by atoms with van der Waals surface area (Å²) < 4.78 is 27.5. The molecule has 0 spiro atoms. The second kappa shape index (κ2) is 3.70.